The summed E-state index contributed by atoms with van der Waals surface area (Å²) in [5.74, 6) is -0.566. The monoisotopic (exact) mass is 276 g/mol. The third-order valence-corrected chi connectivity index (χ3v) is 3.56. The van der Waals surface area contributed by atoms with Crippen LogP contribution in [-0.4, -0.2) is 40.6 Å². The summed E-state index contributed by atoms with van der Waals surface area (Å²) in [5.41, 5.74) is 5.33. The summed E-state index contributed by atoms with van der Waals surface area (Å²) in [6.45, 7) is 4.13. The second kappa shape index (κ2) is 10.2. The van der Waals surface area contributed by atoms with Gasteiger partial charge in [0.05, 0.1) is 5.75 Å². The Morgan fingerprint density at radius 2 is 2.06 bits per heavy atom. The van der Waals surface area contributed by atoms with Crippen molar-refractivity contribution in [3.05, 3.63) is 0 Å². The van der Waals surface area contributed by atoms with Gasteiger partial charge in [-0.25, -0.2) is 0 Å². The van der Waals surface area contributed by atoms with Crippen molar-refractivity contribution in [1.82, 2.24) is 5.32 Å². The van der Waals surface area contributed by atoms with Crippen LogP contribution in [0.2, 0.25) is 0 Å². The van der Waals surface area contributed by atoms with E-state index in [1.54, 1.807) is 0 Å². The van der Waals surface area contributed by atoms with Gasteiger partial charge < -0.3 is 16.2 Å². The van der Waals surface area contributed by atoms with E-state index in [0.29, 0.717) is 0 Å². The smallest absolute Gasteiger partial charge is 0.321 e. The lowest BCUT2D eigenvalue weighted by Crippen LogP contribution is -2.36. The summed E-state index contributed by atoms with van der Waals surface area (Å²) in [6, 6.07) is -0.720. The van der Waals surface area contributed by atoms with Gasteiger partial charge in [0.15, 0.2) is 0 Å². The van der Waals surface area contributed by atoms with Gasteiger partial charge in [-0.1, -0.05) is 26.2 Å². The van der Waals surface area contributed by atoms with E-state index in [1.165, 1.54) is 24.6 Å². The van der Waals surface area contributed by atoms with E-state index in [2.05, 4.69) is 12.2 Å². The maximum Gasteiger partial charge on any atom is 0.321 e. The Bertz CT molecular complexity index is 262. The third-order valence-electron chi connectivity index (χ3n) is 2.50. The topological polar surface area (TPSA) is 92.4 Å². The lowest BCUT2D eigenvalue weighted by Gasteiger charge is -2.13. The molecule has 0 aromatic carbocycles. The molecule has 0 saturated heterocycles. The minimum Gasteiger partial charge on any atom is -0.480 e. The van der Waals surface area contributed by atoms with Crippen LogP contribution < -0.4 is 11.1 Å². The van der Waals surface area contributed by atoms with Crippen LogP contribution >= 0.6 is 11.8 Å². The number of carbonyl (C=O) groups excluding carboxylic acids is 1. The molecule has 1 unspecified atom stereocenters. The highest BCUT2D eigenvalue weighted by Crippen LogP contribution is 2.05. The predicted octanol–water partition coefficient (Wildman–Crippen LogP) is 1.22. The first-order chi connectivity index (χ1) is 8.47. The van der Waals surface area contributed by atoms with Crippen LogP contribution in [-0.2, 0) is 9.59 Å². The maximum absolute atomic E-state index is 11.5. The molecule has 0 radical (unpaired) electrons. The molecule has 4 N–H and O–H groups in total. The zero-order valence-corrected chi connectivity index (χ0v) is 12.0. The van der Waals surface area contributed by atoms with Gasteiger partial charge in [0.25, 0.3) is 0 Å². The third kappa shape index (κ3) is 9.30. The van der Waals surface area contributed by atoms with Gasteiger partial charge in [0.2, 0.25) is 5.91 Å². The molecule has 0 fully saturated rings. The van der Waals surface area contributed by atoms with Gasteiger partial charge in [-0.3, -0.25) is 9.59 Å². The van der Waals surface area contributed by atoms with Gasteiger partial charge in [-0.05, 0) is 13.3 Å². The number of rotatable bonds is 10. The molecule has 0 aromatic rings. The van der Waals surface area contributed by atoms with Crippen LogP contribution in [0.15, 0.2) is 0 Å². The molecule has 6 heteroatoms. The number of amides is 1. The second-order valence-electron chi connectivity index (χ2n) is 4.42. The van der Waals surface area contributed by atoms with Crippen molar-refractivity contribution in [2.75, 3.05) is 11.5 Å². The number of carboxylic acids is 1. The zero-order valence-electron chi connectivity index (χ0n) is 11.1. The van der Waals surface area contributed by atoms with E-state index in [4.69, 9.17) is 10.8 Å². The summed E-state index contributed by atoms with van der Waals surface area (Å²) >= 11 is 1.25. The van der Waals surface area contributed by atoms with Gasteiger partial charge in [0, 0.05) is 11.8 Å². The molecule has 0 aliphatic heterocycles. The lowest BCUT2D eigenvalue weighted by atomic mass is 10.1. The SMILES string of the molecule is CCCCCC(C)NC(=O)CSC[C@@H](N)C(=O)O. The molecule has 5 nitrogen and oxygen atoms in total. The molecule has 0 bridgehead atoms. The largest absolute Gasteiger partial charge is 0.480 e. The van der Waals surface area contributed by atoms with Crippen LogP contribution in [0.3, 0.4) is 0 Å². The number of aliphatic carboxylic acids is 1. The Morgan fingerprint density at radius 3 is 2.61 bits per heavy atom. The minimum atomic E-state index is -1.03. The predicted molar refractivity (Wildman–Crippen MR) is 74.7 cm³/mol. The number of carbonyl (C=O) groups is 2. The van der Waals surface area contributed by atoms with Crippen LogP contribution in [0.5, 0.6) is 0 Å². The number of nitrogens with one attached hydrogen (secondary N) is 1. The summed E-state index contributed by atoms with van der Waals surface area (Å²) < 4.78 is 0. The molecule has 0 saturated carbocycles. The van der Waals surface area contributed by atoms with E-state index in [-0.39, 0.29) is 23.5 Å². The van der Waals surface area contributed by atoms with Gasteiger partial charge in [-0.15, -0.1) is 11.8 Å². The van der Waals surface area contributed by atoms with E-state index in [0.717, 1.165) is 12.8 Å². The van der Waals surface area contributed by atoms with E-state index in [1.807, 2.05) is 6.92 Å². The number of nitrogens with two attached hydrogens (primary N) is 1. The summed E-state index contributed by atoms with van der Waals surface area (Å²) in [4.78, 5) is 22.0. The number of carboxylic acid groups (broad SMARTS) is 1. The molecular weight excluding hydrogens is 252 g/mol. The molecular formula is C12H24N2O3S. The van der Waals surface area contributed by atoms with Crippen molar-refractivity contribution >= 4 is 23.6 Å². The highest BCUT2D eigenvalue weighted by molar-refractivity contribution is 8.00. The first kappa shape index (κ1) is 17.2. The van der Waals surface area contributed by atoms with E-state index < -0.39 is 12.0 Å². The molecule has 106 valence electrons. The Labute approximate surface area is 113 Å². The van der Waals surface area contributed by atoms with Crippen LogP contribution in [0.1, 0.15) is 39.5 Å². The number of unbranched alkanes of at least 4 members (excludes halogenated alkanes) is 2. The van der Waals surface area contributed by atoms with Crippen molar-refractivity contribution in [3.8, 4) is 0 Å². The Morgan fingerprint density at radius 1 is 1.39 bits per heavy atom. The molecule has 0 spiro atoms. The molecule has 1 amide bonds. The average Bonchev–Trinajstić information content (AvgIpc) is 2.28. The maximum atomic E-state index is 11.5. The zero-order chi connectivity index (χ0) is 14.0. The molecule has 0 aliphatic carbocycles. The van der Waals surface area contributed by atoms with Crippen molar-refractivity contribution in [2.24, 2.45) is 5.73 Å². The fraction of sp³-hybridized carbons (Fsp3) is 0.833. The molecule has 0 heterocycles. The fourth-order valence-corrected chi connectivity index (χ4v) is 2.22. The summed E-state index contributed by atoms with van der Waals surface area (Å²) in [6.07, 6.45) is 4.46. The summed E-state index contributed by atoms with van der Waals surface area (Å²) in [5, 5.41) is 11.5. The lowest BCUT2D eigenvalue weighted by molar-refractivity contribution is -0.138. The van der Waals surface area contributed by atoms with Gasteiger partial charge >= 0.3 is 5.97 Å². The van der Waals surface area contributed by atoms with Crippen LogP contribution in [0.25, 0.3) is 0 Å². The van der Waals surface area contributed by atoms with Crippen LogP contribution in [0, 0.1) is 0 Å². The first-order valence-electron chi connectivity index (χ1n) is 6.32. The highest BCUT2D eigenvalue weighted by atomic mass is 32.2. The van der Waals surface area contributed by atoms with Crippen molar-refractivity contribution in [1.29, 1.82) is 0 Å². The average molecular weight is 276 g/mol. The van der Waals surface area contributed by atoms with E-state index in [9.17, 15) is 9.59 Å². The van der Waals surface area contributed by atoms with Crippen LogP contribution in [0.4, 0.5) is 0 Å². The van der Waals surface area contributed by atoms with Gasteiger partial charge in [-0.2, -0.15) is 0 Å². The number of thioether (sulfide) groups is 1. The standard InChI is InChI=1S/C12H24N2O3S/c1-3-4-5-6-9(2)14-11(15)8-18-7-10(13)12(16)17/h9-10H,3-8,13H2,1-2H3,(H,14,15)(H,16,17)/t9?,10-/m1/s1. The van der Waals surface area contributed by atoms with Crippen molar-refractivity contribution < 1.29 is 14.7 Å². The normalized spacial score (nSPS) is 13.9. The first-order valence-corrected chi connectivity index (χ1v) is 7.48. The number of hydrogen-bond donors (Lipinski definition) is 3. The van der Waals surface area contributed by atoms with Crippen molar-refractivity contribution in [3.63, 3.8) is 0 Å². The Balaban J connectivity index is 3.61. The second-order valence-corrected chi connectivity index (χ2v) is 5.45. The molecule has 18 heavy (non-hydrogen) atoms. The van der Waals surface area contributed by atoms with Crippen molar-refractivity contribution in [2.45, 2.75) is 51.6 Å². The highest BCUT2D eigenvalue weighted by Gasteiger charge is 2.13. The summed E-state index contributed by atoms with van der Waals surface area (Å²) in [7, 11) is 0. The minimum absolute atomic E-state index is 0.0541. The Hall–Kier alpha value is -0.750. The molecule has 2 atom stereocenters. The molecule has 0 rings (SSSR count). The Kier molecular flexibility index (Phi) is 9.77. The quantitative estimate of drug-likeness (QED) is 0.522. The van der Waals surface area contributed by atoms with E-state index >= 15 is 0 Å². The molecule has 0 aromatic heterocycles. The number of hydrogen-bond acceptors (Lipinski definition) is 4. The molecule has 0 aliphatic rings. The van der Waals surface area contributed by atoms with Gasteiger partial charge in [0.1, 0.15) is 6.04 Å². The fourth-order valence-electron chi connectivity index (χ4n) is 1.44.